The zero-order valence-electron chi connectivity index (χ0n) is 16.6. The van der Waals surface area contributed by atoms with Crippen LogP contribution in [0.5, 0.6) is 11.5 Å². The molecule has 1 aliphatic rings. The van der Waals surface area contributed by atoms with Gasteiger partial charge in [-0.15, -0.1) is 11.3 Å². The maximum absolute atomic E-state index is 12.8. The Morgan fingerprint density at radius 2 is 2.07 bits per heavy atom. The first-order valence-corrected chi connectivity index (χ1v) is 10.3. The third-order valence-corrected chi connectivity index (χ3v) is 5.40. The number of carbonyl (C=O) groups excluding carboxylic acids is 2. The van der Waals surface area contributed by atoms with E-state index in [1.165, 1.54) is 16.2 Å². The van der Waals surface area contributed by atoms with Crippen molar-refractivity contribution in [2.45, 2.75) is 6.92 Å². The average molecular weight is 427 g/mol. The van der Waals surface area contributed by atoms with E-state index < -0.39 is 0 Å². The van der Waals surface area contributed by atoms with Crippen molar-refractivity contribution in [3.8, 4) is 22.1 Å². The molecule has 3 aromatic rings. The number of likely N-dealkylation sites (N-methyl/N-ethyl adjacent to an activating group) is 1. The van der Waals surface area contributed by atoms with E-state index in [2.05, 4.69) is 15.4 Å². The summed E-state index contributed by atoms with van der Waals surface area (Å²) in [5.74, 6) is 0.649. The first kappa shape index (κ1) is 19.9. The number of carbonyl (C=O) groups is 2. The molecule has 0 fully saturated rings. The molecule has 0 spiro atoms. The summed E-state index contributed by atoms with van der Waals surface area (Å²) >= 11 is 1.37. The fourth-order valence-electron chi connectivity index (χ4n) is 3.02. The van der Waals surface area contributed by atoms with E-state index >= 15 is 0 Å². The molecule has 0 bridgehead atoms. The van der Waals surface area contributed by atoms with E-state index in [0.29, 0.717) is 47.6 Å². The van der Waals surface area contributed by atoms with Crippen LogP contribution in [0.15, 0.2) is 36.0 Å². The molecule has 2 aromatic heterocycles. The molecule has 1 aliphatic heterocycles. The predicted octanol–water partition coefficient (Wildman–Crippen LogP) is 2.42. The van der Waals surface area contributed by atoms with Gasteiger partial charge in [0, 0.05) is 42.5 Å². The number of hydrogen-bond donors (Lipinski definition) is 1. The molecule has 0 unspecified atom stereocenters. The lowest BCUT2D eigenvalue weighted by Gasteiger charge is -2.21. The van der Waals surface area contributed by atoms with Crippen LogP contribution in [0.3, 0.4) is 0 Å². The summed E-state index contributed by atoms with van der Waals surface area (Å²) in [6.45, 7) is 3.10. The molecule has 0 saturated heterocycles. The van der Waals surface area contributed by atoms with Crippen LogP contribution >= 0.6 is 11.3 Å². The van der Waals surface area contributed by atoms with Crippen molar-refractivity contribution < 1.29 is 19.1 Å². The number of anilines is 1. The summed E-state index contributed by atoms with van der Waals surface area (Å²) in [6.07, 6.45) is 3.54. The summed E-state index contributed by atoms with van der Waals surface area (Å²) in [7, 11) is 1.82. The first-order chi connectivity index (χ1) is 14.5. The predicted molar refractivity (Wildman–Crippen MR) is 112 cm³/mol. The minimum atomic E-state index is -0.301. The largest absolute Gasteiger partial charge is 0.486 e. The van der Waals surface area contributed by atoms with Crippen LogP contribution in [-0.2, 0) is 11.8 Å². The fraction of sp³-hybridized carbons (Fsp3) is 0.300. The van der Waals surface area contributed by atoms with E-state index in [4.69, 9.17) is 9.47 Å². The standard InChI is InChI=1S/C20H21N5O4S/c1-3-25(20(27)15-12-30-19(23-15)13-9-21-24(2)10-13)11-18(26)22-14-4-5-16-17(8-14)29-7-6-28-16/h4-5,8-10,12H,3,6-7,11H2,1-2H3,(H,22,26). The number of amides is 2. The van der Waals surface area contributed by atoms with Gasteiger partial charge in [0.05, 0.1) is 6.20 Å². The quantitative estimate of drug-likeness (QED) is 0.649. The topological polar surface area (TPSA) is 98.6 Å². The highest BCUT2D eigenvalue weighted by atomic mass is 32.1. The lowest BCUT2D eigenvalue weighted by atomic mass is 10.2. The number of rotatable bonds is 6. The Morgan fingerprint density at radius 1 is 1.27 bits per heavy atom. The number of nitrogens with zero attached hydrogens (tertiary/aromatic N) is 4. The third-order valence-electron chi connectivity index (χ3n) is 4.50. The van der Waals surface area contributed by atoms with Crippen molar-refractivity contribution >= 4 is 28.8 Å². The third kappa shape index (κ3) is 4.28. The summed E-state index contributed by atoms with van der Waals surface area (Å²) in [5.41, 5.74) is 1.74. The average Bonchev–Trinajstić information content (AvgIpc) is 3.40. The molecular weight excluding hydrogens is 406 g/mol. The number of ether oxygens (including phenoxy) is 2. The van der Waals surface area contributed by atoms with Gasteiger partial charge in [-0.1, -0.05) is 0 Å². The molecule has 156 valence electrons. The molecule has 0 aliphatic carbocycles. The van der Waals surface area contributed by atoms with Gasteiger partial charge in [0.2, 0.25) is 5.91 Å². The Morgan fingerprint density at radius 3 is 2.80 bits per heavy atom. The Balaban J connectivity index is 1.40. The molecule has 1 N–H and O–H groups in total. The van der Waals surface area contributed by atoms with Crippen LogP contribution in [0.25, 0.3) is 10.6 Å². The smallest absolute Gasteiger partial charge is 0.273 e. The van der Waals surface area contributed by atoms with E-state index in [9.17, 15) is 9.59 Å². The molecule has 0 radical (unpaired) electrons. The van der Waals surface area contributed by atoms with Crippen molar-refractivity contribution in [2.24, 2.45) is 7.05 Å². The van der Waals surface area contributed by atoms with Crippen molar-refractivity contribution in [3.05, 3.63) is 41.7 Å². The van der Waals surface area contributed by atoms with Crippen molar-refractivity contribution in [3.63, 3.8) is 0 Å². The summed E-state index contributed by atoms with van der Waals surface area (Å²) in [6, 6.07) is 5.21. The van der Waals surface area contributed by atoms with E-state index in [1.54, 1.807) is 34.5 Å². The minimum absolute atomic E-state index is 0.0798. The molecule has 1 aromatic carbocycles. The second kappa shape index (κ2) is 8.54. The van der Waals surface area contributed by atoms with Gasteiger partial charge in [-0.25, -0.2) is 4.98 Å². The first-order valence-electron chi connectivity index (χ1n) is 9.47. The molecule has 4 rings (SSSR count). The Kier molecular flexibility index (Phi) is 5.66. The Hall–Kier alpha value is -3.40. The van der Waals surface area contributed by atoms with Gasteiger partial charge in [-0.3, -0.25) is 14.3 Å². The molecular formula is C20H21N5O4S. The molecule has 3 heterocycles. The van der Waals surface area contributed by atoms with Crippen LogP contribution in [0.4, 0.5) is 5.69 Å². The van der Waals surface area contributed by atoms with Gasteiger partial charge in [-0.05, 0) is 19.1 Å². The highest BCUT2D eigenvalue weighted by Crippen LogP contribution is 2.32. The van der Waals surface area contributed by atoms with E-state index in [0.717, 1.165) is 5.56 Å². The van der Waals surface area contributed by atoms with Gasteiger partial charge in [0.15, 0.2) is 11.5 Å². The number of thiazole rings is 1. The van der Waals surface area contributed by atoms with Gasteiger partial charge in [0.1, 0.15) is 30.5 Å². The molecule has 0 saturated carbocycles. The zero-order chi connectivity index (χ0) is 21.1. The number of aryl methyl sites for hydroxylation is 1. The normalized spacial score (nSPS) is 12.5. The van der Waals surface area contributed by atoms with Crippen LogP contribution < -0.4 is 14.8 Å². The molecule has 30 heavy (non-hydrogen) atoms. The molecule has 9 nitrogen and oxygen atoms in total. The van der Waals surface area contributed by atoms with Gasteiger partial charge < -0.3 is 19.7 Å². The number of nitrogens with one attached hydrogen (secondary N) is 1. The monoisotopic (exact) mass is 427 g/mol. The molecule has 10 heteroatoms. The lowest BCUT2D eigenvalue weighted by molar-refractivity contribution is -0.116. The molecule has 2 amide bonds. The SMILES string of the molecule is CCN(CC(=O)Nc1ccc2c(c1)OCCO2)C(=O)c1csc(-c2cnn(C)c2)n1. The number of aromatic nitrogens is 3. The van der Waals surface area contributed by atoms with Gasteiger partial charge in [-0.2, -0.15) is 5.10 Å². The van der Waals surface area contributed by atoms with Crippen molar-refractivity contribution in [2.75, 3.05) is 31.6 Å². The number of hydrogen-bond acceptors (Lipinski definition) is 7. The van der Waals surface area contributed by atoms with Gasteiger partial charge >= 0.3 is 0 Å². The van der Waals surface area contributed by atoms with Crippen molar-refractivity contribution in [1.29, 1.82) is 0 Å². The summed E-state index contributed by atoms with van der Waals surface area (Å²) < 4.78 is 12.7. The van der Waals surface area contributed by atoms with E-state index in [1.807, 2.05) is 20.2 Å². The van der Waals surface area contributed by atoms with Crippen molar-refractivity contribution in [1.82, 2.24) is 19.7 Å². The molecule has 0 atom stereocenters. The van der Waals surface area contributed by atoms with Crippen LogP contribution in [0, 0.1) is 0 Å². The highest BCUT2D eigenvalue weighted by Gasteiger charge is 2.21. The Labute approximate surface area is 177 Å². The van der Waals surface area contributed by atoms with E-state index in [-0.39, 0.29) is 18.4 Å². The summed E-state index contributed by atoms with van der Waals surface area (Å²) in [4.78, 5) is 31.2. The van der Waals surface area contributed by atoms with Crippen LogP contribution in [0.2, 0.25) is 0 Å². The minimum Gasteiger partial charge on any atom is -0.486 e. The Bertz CT molecular complexity index is 1080. The zero-order valence-corrected chi connectivity index (χ0v) is 17.4. The second-order valence-corrected chi connectivity index (χ2v) is 7.52. The second-order valence-electron chi connectivity index (χ2n) is 6.67. The van der Waals surface area contributed by atoms with Crippen LogP contribution in [0.1, 0.15) is 17.4 Å². The van der Waals surface area contributed by atoms with Gasteiger partial charge in [0.25, 0.3) is 5.91 Å². The maximum Gasteiger partial charge on any atom is 0.273 e. The fourth-order valence-corrected chi connectivity index (χ4v) is 3.79. The highest BCUT2D eigenvalue weighted by molar-refractivity contribution is 7.13. The lowest BCUT2D eigenvalue weighted by Crippen LogP contribution is -2.38. The summed E-state index contributed by atoms with van der Waals surface area (Å²) in [5, 5.41) is 9.33. The number of fused-ring (bicyclic) bond motifs is 1. The number of benzene rings is 1. The van der Waals surface area contributed by atoms with Crippen LogP contribution in [-0.4, -0.2) is 57.8 Å². The maximum atomic E-state index is 12.8.